The van der Waals surface area contributed by atoms with E-state index in [-0.39, 0.29) is 17.4 Å². The smallest absolute Gasteiger partial charge is 0.410 e. The number of ether oxygens (including phenoxy) is 1. The molecule has 1 aliphatic heterocycles. The highest BCUT2D eigenvalue weighted by Crippen LogP contribution is 2.29. The molecule has 1 amide bonds. The van der Waals surface area contributed by atoms with Gasteiger partial charge in [0, 0.05) is 34.1 Å². The summed E-state index contributed by atoms with van der Waals surface area (Å²) in [6.45, 7) is 1.62. The number of halogens is 3. The zero-order valence-corrected chi connectivity index (χ0v) is 21.3. The number of carbonyl (C=O) groups is 1. The summed E-state index contributed by atoms with van der Waals surface area (Å²) in [5.41, 5.74) is 2.87. The second-order valence-electron chi connectivity index (χ2n) is 7.60. The van der Waals surface area contributed by atoms with Crippen LogP contribution in [0.2, 0.25) is 10.3 Å². The lowest BCUT2D eigenvalue weighted by Gasteiger charge is -2.32. The minimum Gasteiger partial charge on any atom is -0.445 e. The zero-order chi connectivity index (χ0) is 23.2. The number of hydrogen-bond acceptors (Lipinski definition) is 6. The van der Waals surface area contributed by atoms with Gasteiger partial charge in [-0.2, -0.15) is 4.98 Å². The molecule has 0 bridgehead atoms. The van der Waals surface area contributed by atoms with Crippen LogP contribution in [-0.4, -0.2) is 40.1 Å². The number of piperidine rings is 1. The molecule has 0 aliphatic carbocycles. The number of nitrogens with one attached hydrogen (secondary N) is 2. The third-order valence-corrected chi connectivity index (χ3v) is 6.62. The van der Waals surface area contributed by atoms with Crippen LogP contribution in [-0.2, 0) is 11.3 Å². The standard InChI is InChI=1S/C23H22Cl2IN5O2/c24-18-13-27-22(25)30-21(18)29-17-6-7-20(19(26)12-17)28-16-8-10-31(11-9-16)23(32)33-14-15-4-2-1-3-5-15/h1-7,12-13,16,28H,8-11,14H2,(H,27,29,30). The Balaban J connectivity index is 1.27. The number of aromatic nitrogens is 2. The predicted molar refractivity (Wildman–Crippen MR) is 139 cm³/mol. The van der Waals surface area contributed by atoms with E-state index in [9.17, 15) is 4.79 Å². The van der Waals surface area contributed by atoms with E-state index in [1.165, 1.54) is 6.20 Å². The molecule has 4 rings (SSSR count). The molecule has 172 valence electrons. The predicted octanol–water partition coefficient (Wildman–Crippen LogP) is 6.34. The molecule has 2 heterocycles. The van der Waals surface area contributed by atoms with Crippen LogP contribution >= 0.6 is 45.8 Å². The lowest BCUT2D eigenvalue weighted by molar-refractivity contribution is 0.0882. The SMILES string of the molecule is O=C(OCc1ccccc1)N1CCC(Nc2ccc(Nc3nc(Cl)ncc3Cl)cc2I)CC1. The van der Waals surface area contributed by atoms with Gasteiger partial charge in [0.2, 0.25) is 5.28 Å². The molecule has 0 radical (unpaired) electrons. The fourth-order valence-corrected chi connectivity index (χ4v) is 4.46. The highest BCUT2D eigenvalue weighted by atomic mass is 127. The number of benzene rings is 2. The molecule has 0 unspecified atom stereocenters. The summed E-state index contributed by atoms with van der Waals surface area (Å²) < 4.78 is 6.50. The highest BCUT2D eigenvalue weighted by molar-refractivity contribution is 14.1. The quantitative estimate of drug-likeness (QED) is 0.255. The maximum atomic E-state index is 12.4. The number of amides is 1. The van der Waals surface area contributed by atoms with Crippen LogP contribution in [0.1, 0.15) is 18.4 Å². The van der Waals surface area contributed by atoms with Crippen molar-refractivity contribution in [2.45, 2.75) is 25.5 Å². The van der Waals surface area contributed by atoms with E-state index in [4.69, 9.17) is 27.9 Å². The van der Waals surface area contributed by atoms with E-state index in [0.29, 0.717) is 30.5 Å². The topological polar surface area (TPSA) is 79.4 Å². The Morgan fingerprint density at radius 1 is 1.15 bits per heavy atom. The lowest BCUT2D eigenvalue weighted by Crippen LogP contribution is -2.42. The molecule has 0 spiro atoms. The van der Waals surface area contributed by atoms with E-state index in [2.05, 4.69) is 43.2 Å². The molecular weight excluding hydrogens is 576 g/mol. The first-order valence-corrected chi connectivity index (χ1v) is 12.3. The minimum atomic E-state index is -0.259. The third-order valence-electron chi connectivity index (χ3n) is 5.26. The first-order valence-electron chi connectivity index (χ1n) is 10.4. The van der Waals surface area contributed by atoms with Crippen molar-refractivity contribution in [3.63, 3.8) is 0 Å². The summed E-state index contributed by atoms with van der Waals surface area (Å²) in [5.74, 6) is 0.458. The van der Waals surface area contributed by atoms with Crippen LogP contribution in [0.25, 0.3) is 0 Å². The third kappa shape index (κ3) is 6.61. The van der Waals surface area contributed by atoms with Gasteiger partial charge in [-0.3, -0.25) is 0 Å². The second-order valence-corrected chi connectivity index (χ2v) is 9.51. The molecule has 0 saturated carbocycles. The number of anilines is 3. The molecule has 1 saturated heterocycles. The Labute approximate surface area is 216 Å². The van der Waals surface area contributed by atoms with Crippen molar-refractivity contribution in [3.05, 3.63) is 74.2 Å². The van der Waals surface area contributed by atoms with Gasteiger partial charge in [0.25, 0.3) is 0 Å². The van der Waals surface area contributed by atoms with E-state index in [0.717, 1.165) is 33.4 Å². The summed E-state index contributed by atoms with van der Waals surface area (Å²) in [5, 5.41) is 7.28. The summed E-state index contributed by atoms with van der Waals surface area (Å²) in [4.78, 5) is 22.1. The highest BCUT2D eigenvalue weighted by Gasteiger charge is 2.24. The Morgan fingerprint density at radius 2 is 1.91 bits per heavy atom. The molecule has 1 aromatic heterocycles. The van der Waals surface area contributed by atoms with Crippen molar-refractivity contribution in [1.29, 1.82) is 0 Å². The molecule has 0 atom stereocenters. The van der Waals surface area contributed by atoms with Gasteiger partial charge in [0.05, 0.1) is 6.20 Å². The molecule has 2 N–H and O–H groups in total. The fourth-order valence-electron chi connectivity index (χ4n) is 3.52. The van der Waals surface area contributed by atoms with Gasteiger partial charge in [-0.05, 0) is 70.8 Å². The van der Waals surface area contributed by atoms with Crippen LogP contribution in [0.5, 0.6) is 0 Å². The van der Waals surface area contributed by atoms with E-state index in [1.54, 1.807) is 4.90 Å². The average molecular weight is 598 g/mol. The Bertz CT molecular complexity index is 1110. The van der Waals surface area contributed by atoms with Gasteiger partial charge < -0.3 is 20.3 Å². The average Bonchev–Trinajstić information content (AvgIpc) is 2.83. The van der Waals surface area contributed by atoms with Gasteiger partial charge >= 0.3 is 6.09 Å². The summed E-state index contributed by atoms with van der Waals surface area (Å²) >= 11 is 14.3. The lowest BCUT2D eigenvalue weighted by atomic mass is 10.0. The van der Waals surface area contributed by atoms with Gasteiger partial charge in [-0.25, -0.2) is 9.78 Å². The van der Waals surface area contributed by atoms with E-state index in [1.807, 2.05) is 48.5 Å². The molecule has 10 heteroatoms. The molecule has 1 fully saturated rings. The summed E-state index contributed by atoms with van der Waals surface area (Å²) in [7, 11) is 0. The second kappa shape index (κ2) is 11.2. The van der Waals surface area contributed by atoms with Crippen molar-refractivity contribution in [2.24, 2.45) is 0 Å². The monoisotopic (exact) mass is 597 g/mol. The van der Waals surface area contributed by atoms with Crippen molar-refractivity contribution < 1.29 is 9.53 Å². The fraction of sp³-hybridized carbons (Fsp3) is 0.261. The van der Waals surface area contributed by atoms with Crippen LogP contribution < -0.4 is 10.6 Å². The molecule has 3 aromatic rings. The normalized spacial score (nSPS) is 14.1. The number of carbonyl (C=O) groups excluding carboxylic acids is 1. The van der Waals surface area contributed by atoms with Gasteiger partial charge in [0.15, 0.2) is 5.82 Å². The molecule has 7 nitrogen and oxygen atoms in total. The zero-order valence-electron chi connectivity index (χ0n) is 17.6. The summed E-state index contributed by atoms with van der Waals surface area (Å²) in [6, 6.07) is 16.0. The van der Waals surface area contributed by atoms with Crippen LogP contribution in [0, 0.1) is 3.57 Å². The van der Waals surface area contributed by atoms with Crippen LogP contribution in [0.15, 0.2) is 54.7 Å². The molecule has 2 aromatic carbocycles. The van der Waals surface area contributed by atoms with Crippen molar-refractivity contribution in [2.75, 3.05) is 23.7 Å². The van der Waals surface area contributed by atoms with Crippen LogP contribution in [0.3, 0.4) is 0 Å². The van der Waals surface area contributed by atoms with Crippen molar-refractivity contribution >= 4 is 69.1 Å². The van der Waals surface area contributed by atoms with Crippen LogP contribution in [0.4, 0.5) is 22.0 Å². The van der Waals surface area contributed by atoms with E-state index < -0.39 is 0 Å². The van der Waals surface area contributed by atoms with E-state index >= 15 is 0 Å². The largest absolute Gasteiger partial charge is 0.445 e. The Morgan fingerprint density at radius 3 is 2.64 bits per heavy atom. The van der Waals surface area contributed by atoms with Gasteiger partial charge in [-0.15, -0.1) is 0 Å². The molecule has 1 aliphatic rings. The number of rotatable bonds is 6. The van der Waals surface area contributed by atoms with Crippen molar-refractivity contribution in [1.82, 2.24) is 14.9 Å². The Hall–Kier alpha value is -2.30. The Kier molecular flexibility index (Phi) is 8.11. The van der Waals surface area contributed by atoms with Gasteiger partial charge in [0.1, 0.15) is 11.6 Å². The first-order chi connectivity index (χ1) is 16.0. The maximum absolute atomic E-state index is 12.4. The first kappa shape index (κ1) is 23.8. The summed E-state index contributed by atoms with van der Waals surface area (Å²) in [6.07, 6.45) is 2.91. The molecular formula is C23H22Cl2IN5O2. The maximum Gasteiger partial charge on any atom is 0.410 e. The number of nitrogens with zero attached hydrogens (tertiary/aromatic N) is 3. The molecule has 33 heavy (non-hydrogen) atoms. The minimum absolute atomic E-state index is 0.130. The van der Waals surface area contributed by atoms with Gasteiger partial charge in [-0.1, -0.05) is 41.9 Å². The number of likely N-dealkylation sites (tertiary alicyclic amines) is 1. The number of hydrogen-bond donors (Lipinski definition) is 2. The van der Waals surface area contributed by atoms with Crippen molar-refractivity contribution in [3.8, 4) is 0 Å².